The van der Waals surface area contributed by atoms with Gasteiger partial charge in [-0.15, -0.1) is 0 Å². The quantitative estimate of drug-likeness (QED) is 0.170. The lowest BCUT2D eigenvalue weighted by atomic mass is 10.0. The number of allylic oxidation sites excluding steroid dienone is 4. The summed E-state index contributed by atoms with van der Waals surface area (Å²) >= 11 is 0. The number of halogens is 2. The summed E-state index contributed by atoms with van der Waals surface area (Å²) < 4.78 is 25.6. The zero-order chi connectivity index (χ0) is 29.6. The van der Waals surface area contributed by atoms with Gasteiger partial charge in [0.25, 0.3) is 5.91 Å². The molecular formula is C33H31F2N3O3. The van der Waals surface area contributed by atoms with E-state index < -0.39 is 5.97 Å². The first kappa shape index (κ1) is 30.6. The van der Waals surface area contributed by atoms with Crippen LogP contribution in [0.4, 0.5) is 20.2 Å². The van der Waals surface area contributed by atoms with Gasteiger partial charge >= 0.3 is 5.97 Å². The Balaban J connectivity index is 1.84. The van der Waals surface area contributed by atoms with Crippen molar-refractivity contribution in [1.82, 2.24) is 5.32 Å². The molecule has 0 aliphatic heterocycles. The number of nitrogens with zero attached hydrogens (tertiary/aromatic N) is 2. The van der Waals surface area contributed by atoms with Crippen molar-refractivity contribution >= 4 is 35.2 Å². The smallest absolute Gasteiger partial charge is 0.307 e. The van der Waals surface area contributed by atoms with E-state index in [4.69, 9.17) is 10.1 Å². The van der Waals surface area contributed by atoms with E-state index >= 15 is 0 Å². The Labute approximate surface area is 238 Å². The molecule has 0 heterocycles. The van der Waals surface area contributed by atoms with E-state index in [2.05, 4.69) is 16.9 Å². The Bertz CT molecular complexity index is 1510. The van der Waals surface area contributed by atoms with Crippen molar-refractivity contribution in [3.05, 3.63) is 132 Å². The van der Waals surface area contributed by atoms with Crippen LogP contribution in [0.3, 0.4) is 0 Å². The molecule has 41 heavy (non-hydrogen) atoms. The lowest BCUT2D eigenvalue weighted by Crippen LogP contribution is -2.22. The van der Waals surface area contributed by atoms with Crippen LogP contribution in [-0.4, -0.2) is 28.9 Å². The fourth-order valence-electron chi connectivity index (χ4n) is 3.86. The summed E-state index contributed by atoms with van der Waals surface area (Å²) in [6.07, 6.45) is 7.42. The number of aliphatic carboxylic acids is 1. The maximum absolute atomic E-state index is 13.2. The van der Waals surface area contributed by atoms with Gasteiger partial charge in [0, 0.05) is 24.0 Å². The van der Waals surface area contributed by atoms with Crippen LogP contribution in [0.15, 0.2) is 113 Å². The number of carbonyl (C=O) groups is 2. The fourth-order valence-corrected chi connectivity index (χ4v) is 3.86. The first-order valence-electron chi connectivity index (χ1n) is 12.9. The minimum Gasteiger partial charge on any atom is -0.481 e. The molecule has 0 fully saturated rings. The number of hydrogen-bond donors (Lipinski definition) is 2. The van der Waals surface area contributed by atoms with Gasteiger partial charge in [-0.2, -0.15) is 0 Å². The monoisotopic (exact) mass is 555 g/mol. The van der Waals surface area contributed by atoms with Crippen LogP contribution < -0.4 is 5.32 Å². The van der Waals surface area contributed by atoms with Crippen LogP contribution in [0, 0.1) is 5.82 Å². The largest absolute Gasteiger partial charge is 0.481 e. The average Bonchev–Trinajstić information content (AvgIpc) is 2.96. The van der Waals surface area contributed by atoms with Gasteiger partial charge in [-0.3, -0.25) is 19.6 Å². The lowest BCUT2D eigenvalue weighted by Gasteiger charge is -2.09. The predicted octanol–water partition coefficient (Wildman–Crippen LogP) is 7.41. The van der Waals surface area contributed by atoms with Gasteiger partial charge in [-0.25, -0.2) is 8.78 Å². The molecule has 0 saturated heterocycles. The van der Waals surface area contributed by atoms with Gasteiger partial charge in [-0.1, -0.05) is 55.1 Å². The molecule has 1 amide bonds. The van der Waals surface area contributed by atoms with Gasteiger partial charge in [0.15, 0.2) is 0 Å². The van der Waals surface area contributed by atoms with Crippen LogP contribution in [0.5, 0.6) is 0 Å². The summed E-state index contributed by atoms with van der Waals surface area (Å²) in [5, 5.41) is 11.9. The molecule has 0 aliphatic carbocycles. The van der Waals surface area contributed by atoms with Crippen molar-refractivity contribution in [1.29, 1.82) is 0 Å². The molecule has 0 atom stereocenters. The van der Waals surface area contributed by atoms with E-state index in [1.165, 1.54) is 36.6 Å². The maximum Gasteiger partial charge on any atom is 0.307 e. The molecule has 0 saturated carbocycles. The molecule has 3 aromatic carbocycles. The van der Waals surface area contributed by atoms with Crippen molar-refractivity contribution in [3.8, 4) is 0 Å². The minimum atomic E-state index is -0.885. The second-order valence-electron chi connectivity index (χ2n) is 9.20. The second kappa shape index (κ2) is 15.6. The summed E-state index contributed by atoms with van der Waals surface area (Å²) in [6.45, 7) is 5.81. The number of amides is 1. The van der Waals surface area contributed by atoms with Crippen molar-refractivity contribution < 1.29 is 23.5 Å². The van der Waals surface area contributed by atoms with E-state index in [0.29, 0.717) is 41.7 Å². The summed E-state index contributed by atoms with van der Waals surface area (Å²) in [5.74, 6) is -1.56. The third-order valence-corrected chi connectivity index (χ3v) is 5.99. The number of benzene rings is 3. The molecule has 3 rings (SSSR count). The number of rotatable bonds is 13. The van der Waals surface area contributed by atoms with Crippen LogP contribution in [-0.2, 0) is 24.2 Å². The second-order valence-corrected chi connectivity index (χ2v) is 9.20. The lowest BCUT2D eigenvalue weighted by molar-refractivity contribution is -0.136. The van der Waals surface area contributed by atoms with Crippen molar-refractivity contribution in [2.75, 3.05) is 0 Å². The van der Waals surface area contributed by atoms with E-state index in [0.717, 1.165) is 22.4 Å². The highest BCUT2D eigenvalue weighted by atomic mass is 19.1. The number of carbonyl (C=O) groups excluding carboxylic acids is 1. The highest BCUT2D eigenvalue weighted by molar-refractivity contribution is 5.97. The molecule has 0 aliphatic rings. The van der Waals surface area contributed by atoms with E-state index in [9.17, 15) is 18.4 Å². The number of nitrogens with one attached hydrogen (secondary N) is 1. The first-order chi connectivity index (χ1) is 19.8. The zero-order valence-corrected chi connectivity index (χ0v) is 22.7. The number of carboxylic acids is 1. The fraction of sp³-hybridized carbons (Fsp3) is 0.152. The Hall–Kier alpha value is -4.98. The third kappa shape index (κ3) is 10.3. The molecule has 0 unspecified atom stereocenters. The summed E-state index contributed by atoms with van der Waals surface area (Å²) in [4.78, 5) is 33.2. The molecule has 2 N–H and O–H groups in total. The van der Waals surface area contributed by atoms with Crippen LogP contribution in [0.2, 0.25) is 0 Å². The van der Waals surface area contributed by atoms with Crippen LogP contribution >= 0.6 is 0 Å². The highest BCUT2D eigenvalue weighted by Crippen LogP contribution is 2.30. The SMILES string of the molecule is C=C/C(C=Nc1ccc(C(=O)NCc2ccc(F)cc2)cc1N=C(C)CCc1cccc(CC(=O)O)c1)=C\C=C\F. The number of aryl methyl sites for hydroxylation is 1. The van der Waals surface area contributed by atoms with Gasteiger partial charge in [0.1, 0.15) is 5.82 Å². The summed E-state index contributed by atoms with van der Waals surface area (Å²) in [7, 11) is 0. The zero-order valence-electron chi connectivity index (χ0n) is 22.7. The van der Waals surface area contributed by atoms with Gasteiger partial charge in [0.05, 0.1) is 24.1 Å². The topological polar surface area (TPSA) is 91.1 Å². The summed E-state index contributed by atoms with van der Waals surface area (Å²) in [5.41, 5.74) is 5.19. The number of hydrogen-bond acceptors (Lipinski definition) is 4. The Morgan fingerprint density at radius 1 is 1.00 bits per heavy atom. The van der Waals surface area contributed by atoms with E-state index in [1.54, 1.807) is 36.4 Å². The van der Waals surface area contributed by atoms with E-state index in [-0.39, 0.29) is 24.7 Å². The molecular weight excluding hydrogens is 524 g/mol. The normalized spacial score (nSPS) is 12.2. The molecule has 0 aromatic heterocycles. The minimum absolute atomic E-state index is 0.0411. The molecule has 0 bridgehead atoms. The average molecular weight is 556 g/mol. The third-order valence-electron chi connectivity index (χ3n) is 5.99. The molecule has 210 valence electrons. The van der Waals surface area contributed by atoms with Gasteiger partial charge in [-0.05, 0) is 78.4 Å². The van der Waals surface area contributed by atoms with Crippen LogP contribution in [0.25, 0.3) is 0 Å². The van der Waals surface area contributed by atoms with Gasteiger partial charge in [0.2, 0.25) is 0 Å². The first-order valence-corrected chi connectivity index (χ1v) is 12.9. The Kier molecular flexibility index (Phi) is 11.6. The molecule has 3 aromatic rings. The van der Waals surface area contributed by atoms with Gasteiger partial charge < -0.3 is 10.4 Å². The van der Waals surface area contributed by atoms with Crippen molar-refractivity contribution in [2.45, 2.75) is 32.7 Å². The Morgan fingerprint density at radius 2 is 1.76 bits per heavy atom. The predicted molar refractivity (Wildman–Crippen MR) is 160 cm³/mol. The summed E-state index contributed by atoms with van der Waals surface area (Å²) in [6, 6.07) is 18.3. The molecule has 0 spiro atoms. The molecule has 0 radical (unpaired) electrons. The van der Waals surface area contributed by atoms with Crippen LogP contribution in [0.1, 0.15) is 40.4 Å². The van der Waals surface area contributed by atoms with Crippen molar-refractivity contribution in [3.63, 3.8) is 0 Å². The van der Waals surface area contributed by atoms with Crippen molar-refractivity contribution in [2.24, 2.45) is 9.98 Å². The Morgan fingerprint density at radius 3 is 2.46 bits per heavy atom. The number of aliphatic imine (C=N–C) groups is 2. The standard InChI is InChI=1S/C33H31F2N3O3/c1-3-24(8-5-17-34)21-36-30-16-13-28(33(41)37-22-26-11-14-29(35)15-12-26)20-31(30)38-23(2)9-10-25-6-4-7-27(18-25)19-32(39)40/h3-8,11-18,20-21H,1,9-10,19,22H2,2H3,(H,37,41)(H,39,40)/b17-5+,24-8+,36-21?,38-23?. The molecule has 6 nitrogen and oxygen atoms in total. The molecule has 8 heteroatoms. The maximum atomic E-state index is 13.2. The number of carboxylic acid groups (broad SMARTS) is 1. The van der Waals surface area contributed by atoms with E-state index in [1.807, 2.05) is 25.1 Å². The highest BCUT2D eigenvalue weighted by Gasteiger charge is 2.10.